The van der Waals surface area contributed by atoms with Gasteiger partial charge in [0.1, 0.15) is 16.4 Å². The van der Waals surface area contributed by atoms with E-state index in [0.717, 1.165) is 0 Å². The molecule has 0 amide bonds. The van der Waals surface area contributed by atoms with E-state index in [9.17, 15) is 13.2 Å². The highest BCUT2D eigenvalue weighted by Crippen LogP contribution is 2.22. The molecule has 1 aromatic heterocycles. The predicted octanol–water partition coefficient (Wildman–Crippen LogP) is 1.08. The van der Waals surface area contributed by atoms with Gasteiger partial charge in [-0.3, -0.25) is 4.79 Å². The van der Waals surface area contributed by atoms with E-state index in [0.29, 0.717) is 31.4 Å². The number of hydrogen-bond acceptors (Lipinski definition) is 5. The van der Waals surface area contributed by atoms with Crippen LogP contribution in [0.3, 0.4) is 0 Å². The van der Waals surface area contributed by atoms with E-state index >= 15 is 0 Å². The Bertz CT molecular complexity index is 532. The van der Waals surface area contributed by atoms with E-state index in [1.165, 1.54) is 0 Å². The molecule has 1 aliphatic rings. The summed E-state index contributed by atoms with van der Waals surface area (Å²) in [5.74, 6) is 0.481. The zero-order valence-corrected chi connectivity index (χ0v) is 11.2. The van der Waals surface area contributed by atoms with Crippen molar-refractivity contribution < 1.29 is 17.7 Å². The van der Waals surface area contributed by atoms with Crippen LogP contribution >= 0.6 is 0 Å². The number of rotatable bonds is 3. The summed E-state index contributed by atoms with van der Waals surface area (Å²) in [5.41, 5.74) is 0.354. The van der Waals surface area contributed by atoms with Crippen molar-refractivity contribution in [3.8, 4) is 0 Å². The molecule has 6 nitrogen and oxygen atoms in total. The van der Waals surface area contributed by atoms with Crippen molar-refractivity contribution in [2.75, 3.05) is 0 Å². The highest BCUT2D eigenvalue weighted by molar-refractivity contribution is 7.89. The van der Waals surface area contributed by atoms with Crippen LogP contribution in [0, 0.1) is 13.8 Å². The zero-order valence-electron chi connectivity index (χ0n) is 10.4. The van der Waals surface area contributed by atoms with Crippen LogP contribution in [0.5, 0.6) is 0 Å². The van der Waals surface area contributed by atoms with Crippen LogP contribution in [0.25, 0.3) is 0 Å². The smallest absolute Gasteiger partial charge is 0.246 e. The van der Waals surface area contributed by atoms with Crippen LogP contribution in [0.15, 0.2) is 9.42 Å². The van der Waals surface area contributed by atoms with E-state index in [-0.39, 0.29) is 22.5 Å². The quantitative estimate of drug-likeness (QED) is 0.889. The average molecular weight is 272 g/mol. The Hall–Kier alpha value is -1.21. The molecule has 0 radical (unpaired) electrons. The van der Waals surface area contributed by atoms with Crippen molar-refractivity contribution in [1.29, 1.82) is 0 Å². The van der Waals surface area contributed by atoms with Gasteiger partial charge in [-0.25, -0.2) is 13.1 Å². The number of ketones is 1. The maximum absolute atomic E-state index is 12.2. The number of aromatic nitrogens is 1. The second kappa shape index (κ2) is 4.81. The van der Waals surface area contributed by atoms with Crippen LogP contribution in [0.4, 0.5) is 0 Å². The summed E-state index contributed by atoms with van der Waals surface area (Å²) in [7, 11) is -3.61. The van der Waals surface area contributed by atoms with Gasteiger partial charge in [0.25, 0.3) is 0 Å². The fourth-order valence-electron chi connectivity index (χ4n) is 2.19. The number of sulfonamides is 1. The summed E-state index contributed by atoms with van der Waals surface area (Å²) >= 11 is 0. The molecule has 100 valence electrons. The zero-order chi connectivity index (χ0) is 13.3. The molecule has 1 heterocycles. The number of Topliss-reactive ketones (excluding diaryl/α,β-unsaturated/α-hetero) is 1. The van der Waals surface area contributed by atoms with E-state index < -0.39 is 10.0 Å². The summed E-state index contributed by atoms with van der Waals surface area (Å²) in [6.45, 7) is 3.16. The Balaban J connectivity index is 2.15. The molecule has 1 aromatic rings. The fourth-order valence-corrected chi connectivity index (χ4v) is 3.83. The third kappa shape index (κ3) is 2.62. The number of aryl methyl sites for hydroxylation is 2. The minimum absolute atomic E-state index is 0.111. The first-order valence-corrected chi connectivity index (χ1v) is 7.35. The molecule has 7 heteroatoms. The van der Waals surface area contributed by atoms with E-state index in [2.05, 4.69) is 9.88 Å². The van der Waals surface area contributed by atoms with Gasteiger partial charge in [-0.1, -0.05) is 5.16 Å². The summed E-state index contributed by atoms with van der Waals surface area (Å²) in [4.78, 5) is 11.2. The second-order valence-electron chi connectivity index (χ2n) is 4.59. The van der Waals surface area contributed by atoms with Gasteiger partial charge in [-0.2, -0.15) is 0 Å². The Morgan fingerprint density at radius 1 is 1.28 bits per heavy atom. The highest BCUT2D eigenvalue weighted by atomic mass is 32.2. The molecule has 0 spiro atoms. The lowest BCUT2D eigenvalue weighted by Gasteiger charge is -2.21. The maximum atomic E-state index is 12.2. The van der Waals surface area contributed by atoms with Crippen LogP contribution < -0.4 is 4.72 Å². The van der Waals surface area contributed by atoms with Crippen molar-refractivity contribution in [1.82, 2.24) is 9.88 Å². The highest BCUT2D eigenvalue weighted by Gasteiger charge is 2.28. The fraction of sp³-hybridized carbons (Fsp3) is 0.636. The van der Waals surface area contributed by atoms with Gasteiger partial charge in [0, 0.05) is 18.9 Å². The van der Waals surface area contributed by atoms with E-state index in [1.807, 2.05) is 0 Å². The van der Waals surface area contributed by atoms with Crippen molar-refractivity contribution in [3.05, 3.63) is 11.5 Å². The van der Waals surface area contributed by atoms with Gasteiger partial charge in [0.15, 0.2) is 5.76 Å². The van der Waals surface area contributed by atoms with Crippen LogP contribution in [-0.4, -0.2) is 25.4 Å². The number of carbonyl (C=O) groups excluding carboxylic acids is 1. The molecule has 18 heavy (non-hydrogen) atoms. The minimum Gasteiger partial charge on any atom is -0.360 e. The Morgan fingerprint density at radius 2 is 1.89 bits per heavy atom. The van der Waals surface area contributed by atoms with Crippen LogP contribution in [-0.2, 0) is 14.8 Å². The molecule has 1 aliphatic carbocycles. The third-order valence-electron chi connectivity index (χ3n) is 3.10. The van der Waals surface area contributed by atoms with Crippen molar-refractivity contribution >= 4 is 15.8 Å². The lowest BCUT2D eigenvalue weighted by molar-refractivity contribution is -0.120. The molecule has 1 N–H and O–H groups in total. The molecule has 0 aromatic carbocycles. The lowest BCUT2D eigenvalue weighted by atomic mass is 9.95. The molecule has 1 fully saturated rings. The van der Waals surface area contributed by atoms with Crippen LogP contribution in [0.1, 0.15) is 37.1 Å². The third-order valence-corrected chi connectivity index (χ3v) is 4.87. The van der Waals surface area contributed by atoms with Crippen molar-refractivity contribution in [2.45, 2.75) is 50.5 Å². The largest absolute Gasteiger partial charge is 0.360 e. The minimum atomic E-state index is -3.61. The van der Waals surface area contributed by atoms with Gasteiger partial charge < -0.3 is 4.52 Å². The van der Waals surface area contributed by atoms with E-state index in [1.54, 1.807) is 13.8 Å². The first-order valence-electron chi connectivity index (χ1n) is 5.87. The normalized spacial score (nSPS) is 18.2. The predicted molar refractivity (Wildman–Crippen MR) is 63.6 cm³/mol. The molecule has 2 rings (SSSR count). The summed E-state index contributed by atoms with van der Waals surface area (Å²) in [5, 5.41) is 3.64. The van der Waals surface area contributed by atoms with Gasteiger partial charge in [-0.05, 0) is 26.7 Å². The van der Waals surface area contributed by atoms with Gasteiger partial charge >= 0.3 is 0 Å². The topological polar surface area (TPSA) is 89.3 Å². The number of hydrogen-bond donors (Lipinski definition) is 1. The van der Waals surface area contributed by atoms with Gasteiger partial charge in [0.2, 0.25) is 10.0 Å². The molecule has 0 saturated heterocycles. The molecular formula is C11H16N2O4S. The maximum Gasteiger partial charge on any atom is 0.246 e. The second-order valence-corrected chi connectivity index (χ2v) is 6.24. The summed E-state index contributed by atoms with van der Waals surface area (Å²) < 4.78 is 31.9. The van der Waals surface area contributed by atoms with Gasteiger partial charge in [0.05, 0.1) is 0 Å². The molecular weight excluding hydrogens is 256 g/mol. The Labute approximate surface area is 106 Å². The summed E-state index contributed by atoms with van der Waals surface area (Å²) in [6, 6.07) is -0.179. The van der Waals surface area contributed by atoms with Crippen molar-refractivity contribution in [2.24, 2.45) is 0 Å². The SMILES string of the molecule is Cc1noc(C)c1S(=O)(=O)NC1CCC(=O)CC1. The Kier molecular flexibility index (Phi) is 3.54. The van der Waals surface area contributed by atoms with Crippen molar-refractivity contribution in [3.63, 3.8) is 0 Å². The average Bonchev–Trinajstić information content (AvgIpc) is 2.62. The first-order chi connectivity index (χ1) is 8.40. The molecule has 0 aliphatic heterocycles. The van der Waals surface area contributed by atoms with Crippen LogP contribution in [0.2, 0.25) is 0 Å². The lowest BCUT2D eigenvalue weighted by Crippen LogP contribution is -2.38. The molecule has 0 bridgehead atoms. The number of carbonyl (C=O) groups is 1. The standard InChI is InChI=1S/C11H16N2O4S/c1-7-11(8(2)17-12-7)18(15,16)13-9-3-5-10(14)6-4-9/h9,13H,3-6H2,1-2H3. The molecule has 1 saturated carbocycles. The van der Waals surface area contributed by atoms with E-state index in [4.69, 9.17) is 4.52 Å². The number of nitrogens with zero attached hydrogens (tertiary/aromatic N) is 1. The van der Waals surface area contributed by atoms with Gasteiger partial charge in [-0.15, -0.1) is 0 Å². The Morgan fingerprint density at radius 3 is 2.39 bits per heavy atom. The molecule has 0 atom stereocenters. The first kappa shape index (κ1) is 13.2. The number of nitrogens with one attached hydrogen (secondary N) is 1. The molecule has 0 unspecified atom stereocenters. The summed E-state index contributed by atoms with van der Waals surface area (Å²) in [6.07, 6.45) is 1.99. The monoisotopic (exact) mass is 272 g/mol.